The summed E-state index contributed by atoms with van der Waals surface area (Å²) in [6.07, 6.45) is 0. The molecule has 7 aromatic rings. The SMILES string of the molecule is c1ccc(-c2ccc3ccc4ccc(-c5nc(-c6ccccc6)c6ccccc6n5)nc4c3n2)cc1. The van der Waals surface area contributed by atoms with E-state index in [1.807, 2.05) is 60.7 Å². The predicted octanol–water partition coefficient (Wildman–Crippen LogP) is 7.73. The number of nitrogens with zero attached hydrogens (tertiary/aromatic N) is 4. The molecule has 0 aliphatic carbocycles. The van der Waals surface area contributed by atoms with Crippen molar-refractivity contribution in [1.82, 2.24) is 19.9 Å². The molecule has 3 heterocycles. The summed E-state index contributed by atoms with van der Waals surface area (Å²) in [5.41, 5.74) is 7.31. The van der Waals surface area contributed by atoms with Gasteiger partial charge in [0, 0.05) is 27.3 Å². The summed E-state index contributed by atoms with van der Waals surface area (Å²) in [5, 5.41) is 3.11. The molecule has 0 fully saturated rings. The lowest BCUT2D eigenvalue weighted by Gasteiger charge is -2.10. The number of hydrogen-bond donors (Lipinski definition) is 0. The van der Waals surface area contributed by atoms with E-state index in [4.69, 9.17) is 19.9 Å². The summed E-state index contributed by atoms with van der Waals surface area (Å²) in [6, 6.07) is 41.0. The molecule has 4 aromatic carbocycles. The van der Waals surface area contributed by atoms with Gasteiger partial charge in [-0.05, 0) is 18.2 Å². The van der Waals surface area contributed by atoms with Crippen LogP contribution >= 0.6 is 0 Å². The normalized spacial score (nSPS) is 11.3. The standard InChI is InChI=1S/C32H20N4/c1-3-9-21(10-4-1)26-19-17-23-15-16-24-18-20-28(34-31(24)30(23)33-26)32-35-27-14-8-7-13-25(27)29(36-32)22-11-5-2-6-12-22/h1-20H. The Bertz CT molecular complexity index is 1880. The maximum absolute atomic E-state index is 5.06. The Hall–Kier alpha value is -4.96. The van der Waals surface area contributed by atoms with Gasteiger partial charge in [0.2, 0.25) is 0 Å². The summed E-state index contributed by atoms with van der Waals surface area (Å²) in [5.74, 6) is 0.602. The molecule has 0 unspecified atom stereocenters. The molecule has 0 atom stereocenters. The van der Waals surface area contributed by atoms with Crippen LogP contribution in [-0.4, -0.2) is 19.9 Å². The second kappa shape index (κ2) is 8.36. The smallest absolute Gasteiger partial charge is 0.179 e. The van der Waals surface area contributed by atoms with Gasteiger partial charge in [-0.2, -0.15) is 0 Å². The highest BCUT2D eigenvalue weighted by Gasteiger charge is 2.14. The topological polar surface area (TPSA) is 51.6 Å². The van der Waals surface area contributed by atoms with Crippen molar-refractivity contribution in [2.45, 2.75) is 0 Å². The minimum absolute atomic E-state index is 0.602. The number of hydrogen-bond acceptors (Lipinski definition) is 4. The van der Waals surface area contributed by atoms with E-state index >= 15 is 0 Å². The number of fused-ring (bicyclic) bond motifs is 4. The fraction of sp³-hybridized carbons (Fsp3) is 0. The number of aromatic nitrogens is 4. The second-order valence-electron chi connectivity index (χ2n) is 8.75. The molecule has 4 nitrogen and oxygen atoms in total. The maximum Gasteiger partial charge on any atom is 0.179 e. The van der Waals surface area contributed by atoms with Gasteiger partial charge in [0.1, 0.15) is 5.69 Å². The van der Waals surface area contributed by atoms with Gasteiger partial charge in [-0.15, -0.1) is 0 Å². The highest BCUT2D eigenvalue weighted by molar-refractivity contribution is 6.04. The number of rotatable bonds is 3. The van der Waals surface area contributed by atoms with Crippen LogP contribution in [0.2, 0.25) is 0 Å². The van der Waals surface area contributed by atoms with E-state index in [9.17, 15) is 0 Å². The van der Waals surface area contributed by atoms with Gasteiger partial charge in [-0.3, -0.25) is 0 Å². The van der Waals surface area contributed by atoms with Crippen molar-refractivity contribution in [1.29, 1.82) is 0 Å². The molecular formula is C32H20N4. The van der Waals surface area contributed by atoms with E-state index in [1.54, 1.807) is 0 Å². The van der Waals surface area contributed by atoms with Crippen molar-refractivity contribution >= 4 is 32.7 Å². The number of para-hydroxylation sites is 1. The number of pyridine rings is 2. The summed E-state index contributed by atoms with van der Waals surface area (Å²) in [6.45, 7) is 0. The van der Waals surface area contributed by atoms with Crippen LogP contribution in [0, 0.1) is 0 Å². The molecule has 7 rings (SSSR count). The molecule has 0 saturated heterocycles. The Morgan fingerprint density at radius 3 is 1.67 bits per heavy atom. The molecule has 0 amide bonds. The van der Waals surface area contributed by atoms with Crippen LogP contribution < -0.4 is 0 Å². The molecule has 0 spiro atoms. The molecule has 0 N–H and O–H groups in total. The van der Waals surface area contributed by atoms with Gasteiger partial charge >= 0.3 is 0 Å². The fourth-order valence-corrected chi connectivity index (χ4v) is 4.67. The van der Waals surface area contributed by atoms with Crippen LogP contribution in [0.1, 0.15) is 0 Å². The zero-order valence-corrected chi connectivity index (χ0v) is 19.3. The van der Waals surface area contributed by atoms with Crippen LogP contribution in [0.25, 0.3) is 66.7 Å². The molecule has 0 aliphatic rings. The second-order valence-corrected chi connectivity index (χ2v) is 8.75. The van der Waals surface area contributed by atoms with E-state index in [-0.39, 0.29) is 0 Å². The minimum atomic E-state index is 0.602. The zero-order chi connectivity index (χ0) is 23.9. The molecule has 4 heteroatoms. The fourth-order valence-electron chi connectivity index (χ4n) is 4.67. The third-order valence-corrected chi connectivity index (χ3v) is 6.47. The van der Waals surface area contributed by atoms with E-state index in [0.29, 0.717) is 5.82 Å². The van der Waals surface area contributed by atoms with Crippen molar-refractivity contribution in [2.24, 2.45) is 0 Å². The van der Waals surface area contributed by atoms with E-state index in [0.717, 1.165) is 60.9 Å². The van der Waals surface area contributed by atoms with Gasteiger partial charge in [-0.25, -0.2) is 19.9 Å². The zero-order valence-electron chi connectivity index (χ0n) is 19.3. The first-order valence-electron chi connectivity index (χ1n) is 11.9. The van der Waals surface area contributed by atoms with E-state index in [2.05, 4.69) is 60.7 Å². The van der Waals surface area contributed by atoms with Crippen molar-refractivity contribution in [3.8, 4) is 34.0 Å². The van der Waals surface area contributed by atoms with Crippen molar-refractivity contribution < 1.29 is 0 Å². The first-order chi connectivity index (χ1) is 17.8. The van der Waals surface area contributed by atoms with Crippen LogP contribution in [0.15, 0.2) is 121 Å². The first-order valence-corrected chi connectivity index (χ1v) is 11.9. The van der Waals surface area contributed by atoms with Gasteiger partial charge in [0.15, 0.2) is 5.82 Å². The molecule has 0 bridgehead atoms. The Morgan fingerprint density at radius 1 is 0.389 bits per heavy atom. The molecule has 0 radical (unpaired) electrons. The minimum Gasteiger partial charge on any atom is -0.245 e. The van der Waals surface area contributed by atoms with Gasteiger partial charge < -0.3 is 0 Å². The highest BCUT2D eigenvalue weighted by atomic mass is 14.9. The summed E-state index contributed by atoms with van der Waals surface area (Å²) in [7, 11) is 0. The van der Waals surface area contributed by atoms with Crippen LogP contribution in [0.4, 0.5) is 0 Å². The third-order valence-electron chi connectivity index (χ3n) is 6.47. The summed E-state index contributed by atoms with van der Waals surface area (Å²) >= 11 is 0. The largest absolute Gasteiger partial charge is 0.245 e. The third kappa shape index (κ3) is 3.48. The highest BCUT2D eigenvalue weighted by Crippen LogP contribution is 2.31. The van der Waals surface area contributed by atoms with Gasteiger partial charge in [-0.1, -0.05) is 103 Å². The average molecular weight is 461 g/mol. The lowest BCUT2D eigenvalue weighted by Crippen LogP contribution is -1.97. The monoisotopic (exact) mass is 460 g/mol. The van der Waals surface area contributed by atoms with Crippen LogP contribution in [0.5, 0.6) is 0 Å². The summed E-state index contributed by atoms with van der Waals surface area (Å²) in [4.78, 5) is 20.0. The molecule has 0 aliphatic heterocycles. The molecule has 0 saturated carbocycles. The van der Waals surface area contributed by atoms with Gasteiger partial charge in [0.05, 0.1) is 27.9 Å². The number of benzene rings is 4. The Kier molecular flexibility index (Phi) is 4.74. The maximum atomic E-state index is 5.06. The summed E-state index contributed by atoms with van der Waals surface area (Å²) < 4.78 is 0. The quantitative estimate of drug-likeness (QED) is 0.253. The van der Waals surface area contributed by atoms with Crippen LogP contribution in [-0.2, 0) is 0 Å². The lowest BCUT2D eigenvalue weighted by atomic mass is 10.1. The Balaban J connectivity index is 1.45. The first kappa shape index (κ1) is 20.4. The molecular weight excluding hydrogens is 440 g/mol. The molecule has 168 valence electrons. The van der Waals surface area contributed by atoms with Gasteiger partial charge in [0.25, 0.3) is 0 Å². The Labute approximate surface area is 208 Å². The predicted molar refractivity (Wildman–Crippen MR) is 146 cm³/mol. The Morgan fingerprint density at radius 2 is 0.944 bits per heavy atom. The lowest BCUT2D eigenvalue weighted by molar-refractivity contribution is 1.19. The van der Waals surface area contributed by atoms with Crippen molar-refractivity contribution in [2.75, 3.05) is 0 Å². The van der Waals surface area contributed by atoms with Crippen LogP contribution in [0.3, 0.4) is 0 Å². The van der Waals surface area contributed by atoms with E-state index in [1.165, 1.54) is 0 Å². The van der Waals surface area contributed by atoms with E-state index < -0.39 is 0 Å². The molecule has 36 heavy (non-hydrogen) atoms. The average Bonchev–Trinajstić information content (AvgIpc) is 2.97. The van der Waals surface area contributed by atoms with Crippen molar-refractivity contribution in [3.63, 3.8) is 0 Å². The van der Waals surface area contributed by atoms with Crippen molar-refractivity contribution in [3.05, 3.63) is 121 Å². The molecule has 3 aromatic heterocycles.